The number of likely N-dealkylation sites (N-methyl/N-ethyl adjacent to an activating group) is 1. The molecule has 8 N–H and O–H groups in total. The van der Waals surface area contributed by atoms with E-state index in [-0.39, 0.29) is 52.5 Å². The topological polar surface area (TPSA) is 195 Å². The van der Waals surface area contributed by atoms with E-state index in [2.05, 4.69) is 21.3 Å². The predicted octanol–water partition coefficient (Wildman–Crippen LogP) is 2.40. The van der Waals surface area contributed by atoms with Crippen molar-refractivity contribution in [3.05, 3.63) is 46.5 Å². The Kier molecular flexibility index (Phi) is 11.5. The summed E-state index contributed by atoms with van der Waals surface area (Å²) in [6.07, 6.45) is 0.973. The van der Waals surface area contributed by atoms with Crippen LogP contribution in [0.5, 0.6) is 11.5 Å². The monoisotopic (exact) mass is 612 g/mol. The first-order chi connectivity index (χ1) is 20.7. The van der Waals surface area contributed by atoms with Crippen LogP contribution in [0.3, 0.4) is 0 Å². The molecule has 0 heterocycles. The maximum absolute atomic E-state index is 13.7. The van der Waals surface area contributed by atoms with Crippen molar-refractivity contribution in [1.82, 2.24) is 15.5 Å². The van der Waals surface area contributed by atoms with Crippen LogP contribution in [0, 0.1) is 0 Å². The van der Waals surface area contributed by atoms with Gasteiger partial charge in [-0.3, -0.25) is 14.4 Å². The molecule has 3 rings (SSSR count). The summed E-state index contributed by atoms with van der Waals surface area (Å²) in [6.45, 7) is 7.05. The van der Waals surface area contributed by atoms with E-state index in [1.54, 1.807) is 20.8 Å². The zero-order valence-electron chi connectivity index (χ0n) is 26.0. The summed E-state index contributed by atoms with van der Waals surface area (Å²) in [7, 11) is 3.80. The number of anilines is 2. The van der Waals surface area contributed by atoms with Gasteiger partial charge in [-0.25, -0.2) is 4.79 Å². The number of nitrogens with two attached hydrogens (primary N) is 1. The number of hydrogen-bond acceptors (Lipinski definition) is 11. The second kappa shape index (κ2) is 14.9. The number of phenols is 2. The number of hydrogen-bond donors (Lipinski definition) is 7. The highest BCUT2D eigenvalue weighted by Gasteiger charge is 2.38. The number of unbranched alkanes of at least 4 members (excludes halogenated alkanes) is 1. The minimum atomic E-state index is -0.836. The number of phenolic OH excluding ortho intramolecular Hbond substituents is 2. The largest absolute Gasteiger partial charge is 0.507 e. The number of ketones is 2. The number of alkyl carbamates (subject to hydrolysis) is 1. The maximum atomic E-state index is 13.7. The summed E-state index contributed by atoms with van der Waals surface area (Å²) >= 11 is 0. The van der Waals surface area contributed by atoms with E-state index >= 15 is 0 Å². The van der Waals surface area contributed by atoms with E-state index in [4.69, 9.17) is 10.5 Å². The smallest absolute Gasteiger partial charge is 0.408 e. The minimum Gasteiger partial charge on any atom is -0.507 e. The molecule has 1 atom stereocenters. The molecule has 1 aliphatic rings. The van der Waals surface area contributed by atoms with Crippen LogP contribution in [-0.2, 0) is 9.53 Å². The lowest BCUT2D eigenvalue weighted by atomic mass is 9.81. The summed E-state index contributed by atoms with van der Waals surface area (Å²) in [6, 6.07) is 4.83. The van der Waals surface area contributed by atoms with Crippen LogP contribution in [0.2, 0.25) is 0 Å². The van der Waals surface area contributed by atoms with Crippen LogP contribution >= 0.6 is 0 Å². The Hall–Kier alpha value is -4.36. The average Bonchev–Trinajstić information content (AvgIpc) is 2.93. The molecule has 0 aliphatic heterocycles. The van der Waals surface area contributed by atoms with E-state index in [9.17, 15) is 29.4 Å². The third kappa shape index (κ3) is 8.60. The first-order valence-corrected chi connectivity index (χ1v) is 14.7. The number of nitrogens with one attached hydrogen (secondary N) is 4. The Labute approximate surface area is 257 Å². The van der Waals surface area contributed by atoms with E-state index in [1.807, 2.05) is 19.0 Å². The van der Waals surface area contributed by atoms with Gasteiger partial charge in [0.25, 0.3) is 0 Å². The Bertz CT molecular complexity index is 1390. The van der Waals surface area contributed by atoms with Crippen LogP contribution < -0.4 is 27.0 Å². The third-order valence-corrected chi connectivity index (χ3v) is 6.84. The molecular weight excluding hydrogens is 568 g/mol. The molecule has 13 nitrogen and oxygen atoms in total. The fourth-order valence-electron chi connectivity index (χ4n) is 4.79. The molecule has 0 aromatic heterocycles. The molecule has 13 heteroatoms. The molecule has 1 aliphatic carbocycles. The minimum absolute atomic E-state index is 0.000802. The highest BCUT2D eigenvalue weighted by Crippen LogP contribution is 2.42. The quantitative estimate of drug-likeness (QED) is 0.104. The van der Waals surface area contributed by atoms with E-state index in [0.717, 1.165) is 0 Å². The van der Waals surface area contributed by atoms with Crippen molar-refractivity contribution in [2.75, 3.05) is 57.5 Å². The average molecular weight is 613 g/mol. The van der Waals surface area contributed by atoms with Crippen LogP contribution in [0.4, 0.5) is 16.2 Å². The van der Waals surface area contributed by atoms with Gasteiger partial charge in [-0.1, -0.05) is 0 Å². The van der Waals surface area contributed by atoms with Crippen LogP contribution in [-0.4, -0.2) is 97.1 Å². The van der Waals surface area contributed by atoms with Gasteiger partial charge in [0.05, 0.1) is 22.3 Å². The molecule has 0 radical (unpaired) electrons. The summed E-state index contributed by atoms with van der Waals surface area (Å²) < 4.78 is 5.29. The second-order valence-corrected chi connectivity index (χ2v) is 11.9. The van der Waals surface area contributed by atoms with Crippen molar-refractivity contribution >= 4 is 34.9 Å². The fourth-order valence-corrected chi connectivity index (χ4v) is 4.79. The molecule has 2 amide bonds. The number of nitrogens with zero attached hydrogens (tertiary/aromatic N) is 1. The van der Waals surface area contributed by atoms with Gasteiger partial charge in [-0.15, -0.1) is 0 Å². The molecular formula is C31H44N6O7. The normalized spacial score (nSPS) is 13.2. The zero-order chi connectivity index (χ0) is 32.6. The van der Waals surface area contributed by atoms with Crippen LogP contribution in [0.25, 0.3) is 0 Å². The van der Waals surface area contributed by atoms with Crippen molar-refractivity contribution < 1.29 is 34.1 Å². The molecule has 0 saturated heterocycles. The van der Waals surface area contributed by atoms with Gasteiger partial charge in [0.1, 0.15) is 23.1 Å². The zero-order valence-corrected chi connectivity index (χ0v) is 26.0. The SMILES string of the molecule is CN(C)CCNc1ccc(O)c2c1C(=O)c1c(O)ccc(NCCNC(=O)C(CCCCN)NC(=O)OC(C)(C)C)c1C2=O. The fraction of sp³-hybridized carbons (Fsp3) is 0.484. The van der Waals surface area contributed by atoms with Crippen LogP contribution in [0.1, 0.15) is 71.9 Å². The Balaban J connectivity index is 1.74. The van der Waals surface area contributed by atoms with E-state index < -0.39 is 35.2 Å². The van der Waals surface area contributed by atoms with Crippen molar-refractivity contribution in [2.24, 2.45) is 5.73 Å². The highest BCUT2D eigenvalue weighted by molar-refractivity contribution is 6.33. The van der Waals surface area contributed by atoms with Crippen molar-refractivity contribution in [3.63, 3.8) is 0 Å². The van der Waals surface area contributed by atoms with Gasteiger partial charge >= 0.3 is 6.09 Å². The molecule has 2 aromatic rings. The number of ether oxygens (including phenoxy) is 1. The molecule has 0 spiro atoms. The maximum Gasteiger partial charge on any atom is 0.408 e. The number of fused-ring (bicyclic) bond motifs is 2. The Morgan fingerprint density at radius 3 is 1.91 bits per heavy atom. The van der Waals surface area contributed by atoms with Gasteiger partial charge in [-0.2, -0.15) is 0 Å². The summed E-state index contributed by atoms with van der Waals surface area (Å²) in [5, 5.41) is 32.8. The number of amides is 2. The van der Waals surface area contributed by atoms with Crippen LogP contribution in [0.15, 0.2) is 24.3 Å². The molecule has 0 bridgehead atoms. The number of carbonyl (C=O) groups excluding carboxylic acids is 4. The number of carbonyl (C=O) groups is 4. The molecule has 44 heavy (non-hydrogen) atoms. The van der Waals surface area contributed by atoms with Crippen molar-refractivity contribution in [3.8, 4) is 11.5 Å². The summed E-state index contributed by atoms with van der Waals surface area (Å²) in [4.78, 5) is 54.6. The van der Waals surface area contributed by atoms with E-state index in [0.29, 0.717) is 44.6 Å². The van der Waals surface area contributed by atoms with Gasteiger partial charge < -0.3 is 46.9 Å². The first-order valence-electron chi connectivity index (χ1n) is 14.7. The molecule has 0 fully saturated rings. The van der Waals surface area contributed by atoms with Gasteiger partial charge in [0.15, 0.2) is 0 Å². The standard InChI is InChI=1S/C31H44N6O7/c1-31(2,3)44-30(43)36-20(8-6-7-13-32)29(42)35-15-14-33-18-9-11-21(38)25-23(18)27(40)26-22(39)12-10-19(24(26)28(25)41)34-16-17-37(4)5/h9-12,20,33-34,38-39H,6-8,13-17,32H2,1-5H3,(H,35,42)(H,36,43). The summed E-state index contributed by atoms with van der Waals surface area (Å²) in [5.74, 6) is -2.34. The van der Waals surface area contributed by atoms with Crippen molar-refractivity contribution in [1.29, 1.82) is 0 Å². The molecule has 2 aromatic carbocycles. The van der Waals surface area contributed by atoms with Gasteiger partial charge in [0, 0.05) is 37.6 Å². The number of rotatable bonds is 14. The lowest BCUT2D eigenvalue weighted by molar-refractivity contribution is -0.123. The van der Waals surface area contributed by atoms with Gasteiger partial charge in [-0.05, 0) is 84.9 Å². The third-order valence-electron chi connectivity index (χ3n) is 6.84. The second-order valence-electron chi connectivity index (χ2n) is 11.9. The Morgan fingerprint density at radius 2 is 1.41 bits per heavy atom. The highest BCUT2D eigenvalue weighted by atomic mass is 16.6. The summed E-state index contributed by atoms with van der Waals surface area (Å²) in [5.41, 5.74) is 5.10. The molecule has 0 saturated carbocycles. The van der Waals surface area contributed by atoms with E-state index in [1.165, 1.54) is 24.3 Å². The number of benzene rings is 2. The molecule has 240 valence electrons. The predicted molar refractivity (Wildman–Crippen MR) is 168 cm³/mol. The molecule has 1 unspecified atom stereocenters. The Morgan fingerprint density at radius 1 is 0.864 bits per heavy atom. The van der Waals surface area contributed by atoms with Crippen molar-refractivity contribution in [2.45, 2.75) is 51.7 Å². The lowest BCUT2D eigenvalue weighted by Crippen LogP contribution is -2.49. The lowest BCUT2D eigenvalue weighted by Gasteiger charge is -2.25. The van der Waals surface area contributed by atoms with Gasteiger partial charge in [0.2, 0.25) is 17.5 Å². The number of aromatic hydroxyl groups is 2. The first kappa shape index (κ1) is 34.1.